The molecule has 1 aromatic carbocycles. The van der Waals surface area contributed by atoms with Gasteiger partial charge in [-0.05, 0) is 55.3 Å². The Bertz CT molecular complexity index is 584. The van der Waals surface area contributed by atoms with Crippen molar-refractivity contribution in [2.75, 3.05) is 6.54 Å². The van der Waals surface area contributed by atoms with Gasteiger partial charge in [0.25, 0.3) is 0 Å². The van der Waals surface area contributed by atoms with Crippen LogP contribution in [-0.4, -0.2) is 11.5 Å². The number of halogens is 2. The van der Waals surface area contributed by atoms with E-state index in [4.69, 9.17) is 23.2 Å². The van der Waals surface area contributed by atoms with E-state index < -0.39 is 0 Å². The molecule has 0 aliphatic rings. The first kappa shape index (κ1) is 15.3. The third-order valence-electron chi connectivity index (χ3n) is 3.26. The highest BCUT2D eigenvalue weighted by molar-refractivity contribution is 6.33. The van der Waals surface area contributed by atoms with E-state index in [9.17, 15) is 0 Å². The lowest BCUT2D eigenvalue weighted by atomic mass is 10.00. The zero-order chi connectivity index (χ0) is 14.5. The van der Waals surface area contributed by atoms with Crippen molar-refractivity contribution in [3.05, 3.63) is 63.4 Å². The molecular weight excluding hydrogens is 291 g/mol. The number of pyridine rings is 1. The van der Waals surface area contributed by atoms with Gasteiger partial charge in [0.1, 0.15) is 0 Å². The van der Waals surface area contributed by atoms with Crippen LogP contribution in [0.1, 0.15) is 29.8 Å². The van der Waals surface area contributed by atoms with Gasteiger partial charge in [-0.2, -0.15) is 0 Å². The molecule has 0 aliphatic heterocycles. The van der Waals surface area contributed by atoms with E-state index in [1.165, 1.54) is 5.56 Å². The van der Waals surface area contributed by atoms with Gasteiger partial charge < -0.3 is 5.32 Å². The highest BCUT2D eigenvalue weighted by Gasteiger charge is 2.16. The van der Waals surface area contributed by atoms with E-state index in [-0.39, 0.29) is 6.04 Å². The smallest absolute Gasteiger partial charge is 0.0605 e. The number of likely N-dealkylation sites (N-methyl/N-ethyl adjacent to an activating group) is 1. The van der Waals surface area contributed by atoms with Gasteiger partial charge in [0.15, 0.2) is 0 Å². The highest BCUT2D eigenvalue weighted by atomic mass is 35.5. The Balaban J connectivity index is 2.30. The molecule has 0 bridgehead atoms. The van der Waals surface area contributed by atoms with Crippen molar-refractivity contribution in [2.24, 2.45) is 0 Å². The van der Waals surface area contributed by atoms with Crippen LogP contribution in [0.25, 0.3) is 0 Å². The molecule has 0 spiro atoms. The molecular formula is C16H18Cl2N2. The summed E-state index contributed by atoms with van der Waals surface area (Å²) in [6.45, 7) is 5.04. The van der Waals surface area contributed by atoms with Gasteiger partial charge >= 0.3 is 0 Å². The summed E-state index contributed by atoms with van der Waals surface area (Å²) in [5.41, 5.74) is 3.28. The van der Waals surface area contributed by atoms with Crippen LogP contribution in [-0.2, 0) is 6.42 Å². The molecule has 1 N–H and O–H groups in total. The van der Waals surface area contributed by atoms with Crippen LogP contribution < -0.4 is 5.32 Å². The van der Waals surface area contributed by atoms with Gasteiger partial charge in [-0.3, -0.25) is 4.98 Å². The second kappa shape index (κ2) is 7.07. The number of benzene rings is 1. The number of aromatic nitrogens is 1. The Morgan fingerprint density at radius 2 is 2.05 bits per heavy atom. The maximum absolute atomic E-state index is 6.26. The molecule has 106 valence electrons. The largest absolute Gasteiger partial charge is 0.309 e. The number of hydrogen-bond donors (Lipinski definition) is 1. The van der Waals surface area contributed by atoms with Gasteiger partial charge in [-0.25, -0.2) is 0 Å². The minimum absolute atomic E-state index is 0.136. The molecule has 4 heteroatoms. The summed E-state index contributed by atoms with van der Waals surface area (Å²) in [4.78, 5) is 4.51. The van der Waals surface area contributed by atoms with E-state index >= 15 is 0 Å². The second-order valence-electron chi connectivity index (χ2n) is 4.76. The minimum Gasteiger partial charge on any atom is -0.309 e. The van der Waals surface area contributed by atoms with Crippen LogP contribution in [0.4, 0.5) is 0 Å². The molecule has 1 atom stereocenters. The molecule has 20 heavy (non-hydrogen) atoms. The third kappa shape index (κ3) is 3.72. The molecule has 0 saturated carbocycles. The van der Waals surface area contributed by atoms with E-state index in [1.54, 1.807) is 0 Å². The first-order valence-electron chi connectivity index (χ1n) is 6.70. The summed E-state index contributed by atoms with van der Waals surface area (Å²) < 4.78 is 0. The summed E-state index contributed by atoms with van der Waals surface area (Å²) >= 11 is 12.3. The molecule has 1 heterocycles. The fourth-order valence-corrected chi connectivity index (χ4v) is 2.68. The van der Waals surface area contributed by atoms with Crippen molar-refractivity contribution in [1.82, 2.24) is 10.3 Å². The van der Waals surface area contributed by atoms with Crippen LogP contribution in [0.15, 0.2) is 36.5 Å². The van der Waals surface area contributed by atoms with E-state index in [0.29, 0.717) is 5.02 Å². The van der Waals surface area contributed by atoms with Crippen molar-refractivity contribution in [3.8, 4) is 0 Å². The fourth-order valence-electron chi connectivity index (χ4n) is 2.29. The Morgan fingerprint density at radius 1 is 1.25 bits per heavy atom. The summed E-state index contributed by atoms with van der Waals surface area (Å²) in [7, 11) is 0. The van der Waals surface area contributed by atoms with E-state index in [0.717, 1.165) is 29.2 Å². The quantitative estimate of drug-likeness (QED) is 0.874. The molecule has 1 unspecified atom stereocenters. The van der Waals surface area contributed by atoms with Crippen molar-refractivity contribution in [2.45, 2.75) is 26.3 Å². The summed E-state index contributed by atoms with van der Waals surface area (Å²) in [6.07, 6.45) is 2.59. The number of nitrogens with one attached hydrogen (secondary N) is 1. The lowest BCUT2D eigenvalue weighted by Gasteiger charge is -2.20. The molecule has 2 nitrogen and oxygen atoms in total. The zero-order valence-corrected chi connectivity index (χ0v) is 13.2. The predicted octanol–water partition coefficient (Wildman–Crippen LogP) is 4.59. The Kier molecular flexibility index (Phi) is 5.41. The number of nitrogens with zero attached hydrogens (tertiary/aromatic N) is 1. The first-order valence-corrected chi connectivity index (χ1v) is 7.46. The van der Waals surface area contributed by atoms with Crippen LogP contribution >= 0.6 is 23.2 Å². The zero-order valence-electron chi connectivity index (χ0n) is 11.7. The minimum atomic E-state index is 0.136. The topological polar surface area (TPSA) is 24.9 Å². The Morgan fingerprint density at radius 3 is 2.75 bits per heavy atom. The summed E-state index contributed by atoms with van der Waals surface area (Å²) in [6, 6.07) is 9.74. The molecule has 0 aliphatic carbocycles. The van der Waals surface area contributed by atoms with Gasteiger partial charge in [0, 0.05) is 16.2 Å². The van der Waals surface area contributed by atoms with Crippen LogP contribution in [0.2, 0.25) is 10.0 Å². The van der Waals surface area contributed by atoms with E-state index in [1.807, 2.05) is 30.5 Å². The number of aryl methyl sites for hydroxylation is 1. The standard InChI is InChI=1S/C16H18Cl2N2/c1-3-19-15(16-11(2)5-4-8-20-16)10-12-9-13(17)6-7-14(12)18/h4-9,15,19H,3,10H2,1-2H3. The van der Waals surface area contributed by atoms with Crippen LogP contribution in [0, 0.1) is 6.92 Å². The lowest BCUT2D eigenvalue weighted by molar-refractivity contribution is 0.534. The molecule has 0 fully saturated rings. The maximum Gasteiger partial charge on any atom is 0.0605 e. The van der Waals surface area contributed by atoms with E-state index in [2.05, 4.69) is 30.2 Å². The molecule has 2 aromatic rings. The highest BCUT2D eigenvalue weighted by Crippen LogP contribution is 2.26. The SMILES string of the molecule is CCNC(Cc1cc(Cl)ccc1Cl)c1ncccc1C. The third-order valence-corrected chi connectivity index (χ3v) is 3.87. The van der Waals surface area contributed by atoms with Crippen molar-refractivity contribution >= 4 is 23.2 Å². The molecule has 0 saturated heterocycles. The van der Waals surface area contributed by atoms with Gasteiger partial charge in [0.2, 0.25) is 0 Å². The Labute approximate surface area is 130 Å². The maximum atomic E-state index is 6.26. The monoisotopic (exact) mass is 308 g/mol. The van der Waals surface area contributed by atoms with Crippen LogP contribution in [0.5, 0.6) is 0 Å². The average molecular weight is 309 g/mol. The fraction of sp³-hybridized carbons (Fsp3) is 0.312. The predicted molar refractivity (Wildman–Crippen MR) is 85.6 cm³/mol. The molecule has 1 aromatic heterocycles. The average Bonchev–Trinajstić information content (AvgIpc) is 2.43. The van der Waals surface area contributed by atoms with Gasteiger partial charge in [-0.15, -0.1) is 0 Å². The first-order chi connectivity index (χ1) is 9.61. The molecule has 0 amide bonds. The summed E-state index contributed by atoms with van der Waals surface area (Å²) in [5, 5.41) is 4.92. The van der Waals surface area contributed by atoms with Crippen molar-refractivity contribution in [3.63, 3.8) is 0 Å². The number of hydrogen-bond acceptors (Lipinski definition) is 2. The normalized spacial score (nSPS) is 12.4. The van der Waals surface area contributed by atoms with Crippen molar-refractivity contribution < 1.29 is 0 Å². The lowest BCUT2D eigenvalue weighted by Crippen LogP contribution is -2.24. The van der Waals surface area contributed by atoms with Gasteiger partial charge in [0.05, 0.1) is 11.7 Å². The van der Waals surface area contributed by atoms with Crippen LogP contribution in [0.3, 0.4) is 0 Å². The molecule has 0 radical (unpaired) electrons. The molecule has 2 rings (SSSR count). The Hall–Kier alpha value is -1.09. The number of rotatable bonds is 5. The second-order valence-corrected chi connectivity index (χ2v) is 5.60. The summed E-state index contributed by atoms with van der Waals surface area (Å²) in [5.74, 6) is 0. The van der Waals surface area contributed by atoms with Crippen molar-refractivity contribution in [1.29, 1.82) is 0 Å². The van der Waals surface area contributed by atoms with Gasteiger partial charge in [-0.1, -0.05) is 36.2 Å².